The van der Waals surface area contributed by atoms with Gasteiger partial charge in [0.1, 0.15) is 11.3 Å². The molecule has 0 fully saturated rings. The zero-order valence-corrected chi connectivity index (χ0v) is 15.6. The van der Waals surface area contributed by atoms with Gasteiger partial charge in [-0.3, -0.25) is 4.79 Å². The van der Waals surface area contributed by atoms with Crippen molar-refractivity contribution in [3.63, 3.8) is 0 Å². The van der Waals surface area contributed by atoms with Crippen molar-refractivity contribution in [1.29, 1.82) is 0 Å². The van der Waals surface area contributed by atoms with Crippen LogP contribution in [0.1, 0.15) is 42.2 Å². The van der Waals surface area contributed by atoms with Crippen molar-refractivity contribution in [2.75, 3.05) is 13.7 Å². The normalized spacial score (nSPS) is 12.2. The van der Waals surface area contributed by atoms with Crippen molar-refractivity contribution in [2.24, 2.45) is 7.05 Å². The monoisotopic (exact) mass is 352 g/mol. The van der Waals surface area contributed by atoms with E-state index < -0.39 is 0 Å². The molecule has 0 saturated carbocycles. The Balaban J connectivity index is 1.91. The molecule has 1 aromatic heterocycles. The number of amides is 1. The van der Waals surface area contributed by atoms with Gasteiger partial charge in [-0.15, -0.1) is 5.10 Å². The van der Waals surface area contributed by atoms with Crippen LogP contribution in [0.3, 0.4) is 0 Å². The second-order valence-electron chi connectivity index (χ2n) is 6.20. The second-order valence-corrected chi connectivity index (χ2v) is 6.20. The Morgan fingerprint density at radius 3 is 2.54 bits per heavy atom. The summed E-state index contributed by atoms with van der Waals surface area (Å²) in [6.07, 6.45) is 0.833. The largest absolute Gasteiger partial charge is 0.497 e. The van der Waals surface area contributed by atoms with E-state index in [1.54, 1.807) is 11.8 Å². The first-order chi connectivity index (χ1) is 12.6. The summed E-state index contributed by atoms with van der Waals surface area (Å²) in [4.78, 5) is 15.1. The predicted octanol–water partition coefficient (Wildman–Crippen LogP) is 3.59. The van der Waals surface area contributed by atoms with Gasteiger partial charge in [-0.1, -0.05) is 24.3 Å². The van der Waals surface area contributed by atoms with Gasteiger partial charge in [0.15, 0.2) is 0 Å². The number of aromatic nitrogens is 3. The molecule has 1 atom stereocenters. The smallest absolute Gasteiger partial charge is 0.254 e. The molecule has 26 heavy (non-hydrogen) atoms. The van der Waals surface area contributed by atoms with Crippen molar-refractivity contribution in [3.05, 3.63) is 53.6 Å². The number of ether oxygens (including phenoxy) is 1. The first-order valence-corrected chi connectivity index (χ1v) is 8.83. The van der Waals surface area contributed by atoms with Crippen LogP contribution in [0.25, 0.3) is 11.0 Å². The summed E-state index contributed by atoms with van der Waals surface area (Å²) in [5.74, 6) is 0.814. The van der Waals surface area contributed by atoms with E-state index in [9.17, 15) is 4.79 Å². The molecule has 6 heteroatoms. The zero-order valence-electron chi connectivity index (χ0n) is 15.6. The SMILES string of the molecule is CC[C@@H](c1ccc(OC)cc1)N(CC)C(=O)c1ccc2c(c1)nnn2C. The fraction of sp³-hybridized carbons (Fsp3) is 0.350. The molecule has 2 aromatic carbocycles. The molecular formula is C20H24N4O2. The maximum absolute atomic E-state index is 13.2. The third-order valence-corrected chi connectivity index (χ3v) is 4.72. The van der Waals surface area contributed by atoms with Gasteiger partial charge in [0.2, 0.25) is 0 Å². The van der Waals surface area contributed by atoms with Gasteiger partial charge < -0.3 is 9.64 Å². The van der Waals surface area contributed by atoms with Gasteiger partial charge in [-0.05, 0) is 49.2 Å². The topological polar surface area (TPSA) is 60.2 Å². The lowest BCUT2D eigenvalue weighted by atomic mass is 10.0. The minimum Gasteiger partial charge on any atom is -0.497 e. The third-order valence-electron chi connectivity index (χ3n) is 4.72. The summed E-state index contributed by atoms with van der Waals surface area (Å²) < 4.78 is 6.94. The molecule has 0 unspecified atom stereocenters. The maximum Gasteiger partial charge on any atom is 0.254 e. The molecule has 0 radical (unpaired) electrons. The zero-order chi connectivity index (χ0) is 18.7. The molecule has 0 N–H and O–H groups in total. The lowest BCUT2D eigenvalue weighted by Gasteiger charge is -2.31. The highest BCUT2D eigenvalue weighted by Crippen LogP contribution is 2.28. The lowest BCUT2D eigenvalue weighted by Crippen LogP contribution is -2.34. The van der Waals surface area contributed by atoms with E-state index in [0.717, 1.165) is 28.8 Å². The molecule has 1 heterocycles. The summed E-state index contributed by atoms with van der Waals surface area (Å²) >= 11 is 0. The lowest BCUT2D eigenvalue weighted by molar-refractivity contribution is 0.0683. The van der Waals surface area contributed by atoms with Crippen LogP contribution in [0.5, 0.6) is 5.75 Å². The quantitative estimate of drug-likeness (QED) is 0.680. The Labute approximate surface area is 153 Å². The highest BCUT2D eigenvalue weighted by Gasteiger charge is 2.24. The summed E-state index contributed by atoms with van der Waals surface area (Å²) in [6, 6.07) is 13.5. The number of nitrogens with zero attached hydrogens (tertiary/aromatic N) is 4. The highest BCUT2D eigenvalue weighted by molar-refractivity contribution is 5.97. The van der Waals surface area contributed by atoms with E-state index in [1.165, 1.54) is 0 Å². The minimum absolute atomic E-state index is 0.00252. The number of carbonyl (C=O) groups excluding carboxylic acids is 1. The predicted molar refractivity (Wildman–Crippen MR) is 101 cm³/mol. The summed E-state index contributed by atoms with van der Waals surface area (Å²) in [5.41, 5.74) is 3.37. The molecule has 0 bridgehead atoms. The average Bonchev–Trinajstić information content (AvgIpc) is 3.06. The molecule has 0 aliphatic heterocycles. The molecule has 1 amide bonds. The Bertz CT molecular complexity index is 902. The van der Waals surface area contributed by atoms with Crippen molar-refractivity contribution < 1.29 is 9.53 Å². The molecule has 136 valence electrons. The fourth-order valence-electron chi connectivity index (χ4n) is 3.31. The van der Waals surface area contributed by atoms with Gasteiger partial charge in [0, 0.05) is 19.2 Å². The molecule has 3 rings (SSSR count). The van der Waals surface area contributed by atoms with Crippen LogP contribution < -0.4 is 4.74 Å². The Morgan fingerprint density at radius 2 is 1.92 bits per heavy atom. The Hall–Kier alpha value is -2.89. The van der Waals surface area contributed by atoms with Crippen LogP contribution in [0, 0.1) is 0 Å². The molecule has 3 aromatic rings. The summed E-state index contributed by atoms with van der Waals surface area (Å²) in [7, 11) is 3.49. The van der Waals surface area contributed by atoms with E-state index in [0.29, 0.717) is 12.1 Å². The molecule has 0 spiro atoms. The fourth-order valence-corrected chi connectivity index (χ4v) is 3.31. The van der Waals surface area contributed by atoms with Crippen molar-refractivity contribution >= 4 is 16.9 Å². The Kier molecular flexibility index (Phi) is 5.21. The van der Waals surface area contributed by atoms with E-state index >= 15 is 0 Å². The number of hydrogen-bond donors (Lipinski definition) is 0. The van der Waals surface area contributed by atoms with Crippen LogP contribution in [0.4, 0.5) is 0 Å². The average molecular weight is 352 g/mol. The van der Waals surface area contributed by atoms with E-state index in [4.69, 9.17) is 4.74 Å². The third kappa shape index (κ3) is 3.27. The van der Waals surface area contributed by atoms with E-state index in [-0.39, 0.29) is 11.9 Å². The summed E-state index contributed by atoms with van der Waals surface area (Å²) in [5, 5.41) is 8.12. The molecule has 6 nitrogen and oxygen atoms in total. The number of benzene rings is 2. The molecule has 0 saturated heterocycles. The van der Waals surface area contributed by atoms with Gasteiger partial charge in [-0.25, -0.2) is 4.68 Å². The first-order valence-electron chi connectivity index (χ1n) is 8.83. The van der Waals surface area contributed by atoms with Gasteiger partial charge in [0.25, 0.3) is 5.91 Å². The van der Waals surface area contributed by atoms with E-state index in [2.05, 4.69) is 17.2 Å². The van der Waals surface area contributed by atoms with Crippen molar-refractivity contribution in [3.8, 4) is 5.75 Å². The van der Waals surface area contributed by atoms with Gasteiger partial charge in [0.05, 0.1) is 18.7 Å². The van der Waals surface area contributed by atoms with E-state index in [1.807, 2.05) is 61.3 Å². The number of carbonyl (C=O) groups is 1. The first kappa shape index (κ1) is 17.9. The Morgan fingerprint density at radius 1 is 1.19 bits per heavy atom. The molecule has 0 aliphatic carbocycles. The highest BCUT2D eigenvalue weighted by atomic mass is 16.5. The van der Waals surface area contributed by atoms with Crippen LogP contribution in [-0.2, 0) is 7.05 Å². The molecule has 0 aliphatic rings. The van der Waals surface area contributed by atoms with Crippen LogP contribution in [0.15, 0.2) is 42.5 Å². The number of hydrogen-bond acceptors (Lipinski definition) is 4. The van der Waals surface area contributed by atoms with Crippen molar-refractivity contribution in [1.82, 2.24) is 19.9 Å². The van der Waals surface area contributed by atoms with Crippen LogP contribution in [-0.4, -0.2) is 39.5 Å². The second kappa shape index (κ2) is 7.56. The maximum atomic E-state index is 13.2. The van der Waals surface area contributed by atoms with Crippen LogP contribution >= 0.6 is 0 Å². The van der Waals surface area contributed by atoms with Crippen LogP contribution in [0.2, 0.25) is 0 Å². The standard InChI is InChI=1S/C20H24N4O2/c1-5-18(14-7-10-16(26-4)11-8-14)24(6-2)20(25)15-9-12-19-17(13-15)21-22-23(19)3/h7-13,18H,5-6H2,1-4H3/t18-/m0/s1. The molecular weight excluding hydrogens is 328 g/mol. The number of fused-ring (bicyclic) bond motifs is 1. The van der Waals surface area contributed by atoms with Crippen molar-refractivity contribution in [2.45, 2.75) is 26.3 Å². The van der Waals surface area contributed by atoms with Gasteiger partial charge >= 0.3 is 0 Å². The van der Waals surface area contributed by atoms with Gasteiger partial charge in [-0.2, -0.15) is 0 Å². The number of methoxy groups -OCH3 is 1. The number of rotatable bonds is 6. The summed E-state index contributed by atoms with van der Waals surface area (Å²) in [6.45, 7) is 4.73. The number of aryl methyl sites for hydroxylation is 1. The minimum atomic E-state index is 0.00252.